The van der Waals surface area contributed by atoms with Gasteiger partial charge in [0.05, 0.1) is 0 Å². The first-order valence-corrected chi connectivity index (χ1v) is 7.41. The molecule has 2 rings (SSSR count). The highest BCUT2D eigenvalue weighted by molar-refractivity contribution is 9.10. The van der Waals surface area contributed by atoms with E-state index in [-0.39, 0.29) is 6.54 Å². The third-order valence-corrected chi connectivity index (χ3v) is 4.23. The summed E-state index contributed by atoms with van der Waals surface area (Å²) in [4.78, 5) is 23.9. The number of alkyl halides is 3. The Labute approximate surface area is 138 Å². The highest BCUT2D eigenvalue weighted by Gasteiger charge is 2.64. The average Bonchev–Trinajstić information content (AvgIpc) is 2.91. The van der Waals surface area contributed by atoms with Crippen LogP contribution in [0, 0.1) is 5.41 Å². The van der Waals surface area contributed by atoms with Crippen LogP contribution in [0.3, 0.4) is 0 Å². The van der Waals surface area contributed by atoms with E-state index >= 15 is 0 Å². The van der Waals surface area contributed by atoms with Crippen LogP contribution in [0.2, 0.25) is 0 Å². The molecule has 1 atom stereocenters. The van der Waals surface area contributed by atoms with Gasteiger partial charge >= 0.3 is 12.1 Å². The fourth-order valence-electron chi connectivity index (χ4n) is 2.34. The molecular weight excluding hydrogens is 383 g/mol. The Kier molecular flexibility index (Phi) is 4.88. The molecule has 1 amide bonds. The molecule has 1 aromatic carbocycles. The summed E-state index contributed by atoms with van der Waals surface area (Å²) in [7, 11) is 0. The molecule has 0 aromatic heterocycles. The van der Waals surface area contributed by atoms with Crippen molar-refractivity contribution in [1.82, 2.24) is 4.90 Å². The van der Waals surface area contributed by atoms with Crippen LogP contribution in [0.1, 0.15) is 6.42 Å². The number of hydrogen-bond donors (Lipinski definition) is 1. The van der Waals surface area contributed by atoms with Crippen LogP contribution in [0.5, 0.6) is 5.75 Å². The molecule has 1 N–H and O–H groups in total. The van der Waals surface area contributed by atoms with Crippen molar-refractivity contribution < 1.29 is 32.6 Å². The first kappa shape index (κ1) is 17.6. The number of nitrogens with zero attached hydrogens (tertiary/aromatic N) is 1. The molecule has 126 valence electrons. The van der Waals surface area contributed by atoms with Crippen molar-refractivity contribution in [2.45, 2.75) is 12.6 Å². The lowest BCUT2D eigenvalue weighted by molar-refractivity contribution is -0.227. The molecule has 1 fully saturated rings. The van der Waals surface area contributed by atoms with Crippen LogP contribution < -0.4 is 4.74 Å². The van der Waals surface area contributed by atoms with Crippen LogP contribution in [0.4, 0.5) is 13.2 Å². The minimum Gasteiger partial charge on any atom is -0.484 e. The number of carboxylic acids is 1. The first-order valence-electron chi connectivity index (χ1n) is 6.62. The summed E-state index contributed by atoms with van der Waals surface area (Å²) in [6, 6.07) is 6.63. The number of benzene rings is 1. The number of hydrogen-bond acceptors (Lipinski definition) is 3. The molecule has 1 aliphatic heterocycles. The zero-order valence-corrected chi connectivity index (χ0v) is 13.4. The molecule has 1 unspecified atom stereocenters. The molecule has 1 heterocycles. The molecule has 9 heteroatoms. The van der Waals surface area contributed by atoms with E-state index in [0.717, 1.165) is 9.37 Å². The maximum Gasteiger partial charge on any atom is 0.406 e. The molecule has 0 radical (unpaired) electrons. The molecule has 1 saturated heterocycles. The van der Waals surface area contributed by atoms with Crippen LogP contribution in [-0.4, -0.2) is 47.8 Å². The van der Waals surface area contributed by atoms with Crippen molar-refractivity contribution in [2.24, 2.45) is 5.41 Å². The Bertz CT molecular complexity index is 622. The lowest BCUT2D eigenvalue weighted by Gasteiger charge is -2.27. The fraction of sp³-hybridized carbons (Fsp3) is 0.429. The quantitative estimate of drug-likeness (QED) is 0.850. The van der Waals surface area contributed by atoms with Gasteiger partial charge < -0.3 is 14.7 Å². The number of rotatable bonds is 4. The molecule has 0 saturated carbocycles. The number of carboxylic acid groups (broad SMARTS) is 1. The van der Waals surface area contributed by atoms with E-state index in [1.165, 1.54) is 0 Å². The molecule has 0 bridgehead atoms. The number of aliphatic carboxylic acids is 1. The van der Waals surface area contributed by atoms with Gasteiger partial charge in [-0.15, -0.1) is 0 Å². The van der Waals surface area contributed by atoms with Crippen LogP contribution in [0.25, 0.3) is 0 Å². The Morgan fingerprint density at radius 1 is 1.39 bits per heavy atom. The largest absolute Gasteiger partial charge is 0.484 e. The minimum absolute atomic E-state index is 0.271. The average molecular weight is 396 g/mol. The molecule has 0 aliphatic carbocycles. The maximum absolute atomic E-state index is 13.0. The van der Waals surface area contributed by atoms with Crippen molar-refractivity contribution >= 4 is 27.8 Å². The zero-order valence-electron chi connectivity index (χ0n) is 11.8. The van der Waals surface area contributed by atoms with E-state index in [1.807, 2.05) is 0 Å². The lowest BCUT2D eigenvalue weighted by Crippen LogP contribution is -2.48. The Morgan fingerprint density at radius 2 is 2.09 bits per heavy atom. The monoisotopic (exact) mass is 395 g/mol. The van der Waals surface area contributed by atoms with E-state index in [9.17, 15) is 22.8 Å². The van der Waals surface area contributed by atoms with Crippen molar-refractivity contribution in [3.8, 4) is 5.75 Å². The number of ether oxygens (including phenoxy) is 1. The van der Waals surface area contributed by atoms with Crippen LogP contribution in [-0.2, 0) is 9.59 Å². The van der Waals surface area contributed by atoms with Crippen LogP contribution in [0.15, 0.2) is 28.7 Å². The summed E-state index contributed by atoms with van der Waals surface area (Å²) in [6.07, 6.45) is -5.58. The number of carbonyl (C=O) groups is 2. The van der Waals surface area contributed by atoms with Gasteiger partial charge in [-0.2, -0.15) is 13.2 Å². The van der Waals surface area contributed by atoms with E-state index < -0.39 is 43.0 Å². The van der Waals surface area contributed by atoms with Crippen molar-refractivity contribution in [3.63, 3.8) is 0 Å². The van der Waals surface area contributed by atoms with E-state index in [2.05, 4.69) is 15.9 Å². The summed E-state index contributed by atoms with van der Waals surface area (Å²) in [6.45, 7) is -1.62. The van der Waals surface area contributed by atoms with Crippen molar-refractivity contribution in [3.05, 3.63) is 28.7 Å². The summed E-state index contributed by atoms with van der Waals surface area (Å²) in [5, 5.41) is 8.94. The van der Waals surface area contributed by atoms with Gasteiger partial charge in [0.2, 0.25) is 0 Å². The summed E-state index contributed by atoms with van der Waals surface area (Å²) in [5.74, 6) is -2.27. The highest BCUT2D eigenvalue weighted by Crippen LogP contribution is 2.45. The molecular formula is C14H13BrF3NO4. The van der Waals surface area contributed by atoms with E-state index in [0.29, 0.717) is 5.75 Å². The van der Waals surface area contributed by atoms with Gasteiger partial charge in [-0.25, -0.2) is 0 Å². The smallest absolute Gasteiger partial charge is 0.406 e. The summed E-state index contributed by atoms with van der Waals surface area (Å²) < 4.78 is 45.1. The van der Waals surface area contributed by atoms with Crippen molar-refractivity contribution in [1.29, 1.82) is 0 Å². The van der Waals surface area contributed by atoms with Gasteiger partial charge in [0.15, 0.2) is 12.0 Å². The second-order valence-electron chi connectivity index (χ2n) is 5.20. The minimum atomic E-state index is -4.92. The third kappa shape index (κ3) is 3.60. The Hall–Kier alpha value is -1.77. The van der Waals surface area contributed by atoms with E-state index in [4.69, 9.17) is 9.84 Å². The van der Waals surface area contributed by atoms with Crippen molar-refractivity contribution in [2.75, 3.05) is 19.7 Å². The van der Waals surface area contributed by atoms with E-state index in [1.54, 1.807) is 24.3 Å². The second-order valence-corrected chi connectivity index (χ2v) is 6.11. The number of halogens is 4. The summed E-state index contributed by atoms with van der Waals surface area (Å²) >= 11 is 3.22. The molecule has 5 nitrogen and oxygen atoms in total. The molecule has 23 heavy (non-hydrogen) atoms. The van der Waals surface area contributed by atoms with Gasteiger partial charge in [-0.3, -0.25) is 9.59 Å². The fourth-order valence-corrected chi connectivity index (χ4v) is 2.72. The lowest BCUT2D eigenvalue weighted by atomic mass is 9.86. The SMILES string of the molecule is O=C(COc1cccc(Br)c1)N1CCC(C(=O)O)(C(F)(F)F)C1. The second kappa shape index (κ2) is 6.38. The number of amides is 1. The topological polar surface area (TPSA) is 66.8 Å². The Morgan fingerprint density at radius 3 is 2.61 bits per heavy atom. The zero-order chi connectivity index (χ0) is 17.3. The predicted molar refractivity (Wildman–Crippen MR) is 77.0 cm³/mol. The number of carbonyl (C=O) groups excluding carboxylic acids is 1. The van der Waals surface area contributed by atoms with Gasteiger partial charge in [-0.1, -0.05) is 22.0 Å². The van der Waals surface area contributed by atoms with Crippen LogP contribution >= 0.6 is 15.9 Å². The number of likely N-dealkylation sites (tertiary alicyclic amines) is 1. The van der Waals surface area contributed by atoms with Gasteiger partial charge in [0.25, 0.3) is 5.91 Å². The molecule has 0 spiro atoms. The highest BCUT2D eigenvalue weighted by atomic mass is 79.9. The normalized spacial score (nSPS) is 21.3. The molecule has 1 aliphatic rings. The molecule has 1 aromatic rings. The van der Waals surface area contributed by atoms with Gasteiger partial charge in [0, 0.05) is 17.6 Å². The summed E-state index contributed by atoms with van der Waals surface area (Å²) in [5.41, 5.74) is -2.90. The van der Waals surface area contributed by atoms with Gasteiger partial charge in [-0.05, 0) is 24.6 Å². The Balaban J connectivity index is 2.01. The first-order chi connectivity index (χ1) is 10.7. The standard InChI is InChI=1S/C14H13BrF3NO4/c15-9-2-1-3-10(6-9)23-7-11(20)19-5-4-13(8-19,12(21)22)14(16,17)18/h1-3,6H,4-5,7-8H2,(H,21,22). The third-order valence-electron chi connectivity index (χ3n) is 3.73. The predicted octanol–water partition coefficient (Wildman–Crippen LogP) is 2.69. The van der Waals surface area contributed by atoms with Gasteiger partial charge in [0.1, 0.15) is 5.75 Å². The maximum atomic E-state index is 13.0.